The van der Waals surface area contributed by atoms with Gasteiger partial charge in [-0.1, -0.05) is 30.3 Å². The van der Waals surface area contributed by atoms with Crippen LogP contribution in [0.15, 0.2) is 77.3 Å². The van der Waals surface area contributed by atoms with Crippen LogP contribution in [-0.2, 0) is 19.6 Å². The zero-order valence-corrected chi connectivity index (χ0v) is 20.2. The molecule has 0 radical (unpaired) electrons. The van der Waals surface area contributed by atoms with Crippen LogP contribution in [0.2, 0.25) is 0 Å². The summed E-state index contributed by atoms with van der Waals surface area (Å²) in [6.45, 7) is 5.40. The number of nitrogens with zero attached hydrogens (tertiary/aromatic N) is 1. The normalized spacial score (nSPS) is 14.3. The second-order valence-corrected chi connectivity index (χ2v) is 9.71. The van der Waals surface area contributed by atoms with Crippen LogP contribution in [-0.4, -0.2) is 32.0 Å². The van der Waals surface area contributed by atoms with Crippen molar-refractivity contribution in [2.75, 3.05) is 16.2 Å². The first kappa shape index (κ1) is 24.0. The number of carbonyl (C=O) groups is 2. The van der Waals surface area contributed by atoms with Gasteiger partial charge in [-0.05, 0) is 68.3 Å². The van der Waals surface area contributed by atoms with Gasteiger partial charge in [0.15, 0.2) is 11.5 Å². The number of rotatable bonds is 5. The van der Waals surface area contributed by atoms with Gasteiger partial charge < -0.3 is 15.2 Å². The Morgan fingerprint density at radius 2 is 1.57 bits per heavy atom. The van der Waals surface area contributed by atoms with Crippen LogP contribution in [0.5, 0.6) is 0 Å². The fourth-order valence-corrected chi connectivity index (χ4v) is 5.81. The number of fused-ring (bicyclic) bond motifs is 1. The molecule has 1 amide bonds. The molecule has 0 fully saturated rings. The minimum absolute atomic E-state index is 0.0396. The molecule has 1 heterocycles. The summed E-state index contributed by atoms with van der Waals surface area (Å²) < 4.78 is 33.4. The predicted octanol–water partition coefficient (Wildman–Crippen LogP) is 4.55. The molecule has 0 spiro atoms. The molecule has 180 valence electrons. The molecule has 8 nitrogen and oxygen atoms in total. The second kappa shape index (κ2) is 9.27. The smallest absolute Gasteiger partial charge is 0.338 e. The van der Waals surface area contributed by atoms with Crippen LogP contribution < -0.4 is 9.62 Å². The van der Waals surface area contributed by atoms with E-state index < -0.39 is 33.4 Å². The quantitative estimate of drug-likeness (QED) is 0.505. The Labute approximate surface area is 203 Å². The number of aryl methyl sites for hydroxylation is 2. The number of sulfonamides is 1. The average molecular weight is 493 g/mol. The number of amides is 1. The number of carbonyl (C=O) groups excluding carboxylic acids is 2. The highest BCUT2D eigenvalue weighted by Gasteiger charge is 2.42. The lowest BCUT2D eigenvalue weighted by molar-refractivity contribution is -0.112. The Morgan fingerprint density at radius 1 is 0.943 bits per heavy atom. The maximum absolute atomic E-state index is 13.8. The minimum Gasteiger partial charge on any atom is -0.505 e. The highest BCUT2D eigenvalue weighted by Crippen LogP contribution is 2.41. The number of hydrogen-bond acceptors (Lipinski definition) is 6. The van der Waals surface area contributed by atoms with Crippen LogP contribution in [0.3, 0.4) is 0 Å². The number of ether oxygens (including phenoxy) is 1. The number of para-hydroxylation sites is 1. The van der Waals surface area contributed by atoms with Crippen LogP contribution in [0, 0.1) is 13.8 Å². The van der Waals surface area contributed by atoms with Gasteiger partial charge in [0, 0.05) is 11.3 Å². The van der Waals surface area contributed by atoms with Crippen molar-refractivity contribution in [1.29, 1.82) is 0 Å². The Bertz CT molecular complexity index is 1440. The molecule has 0 saturated heterocycles. The second-order valence-electron chi connectivity index (χ2n) is 7.96. The number of aliphatic hydroxyl groups is 1. The van der Waals surface area contributed by atoms with Crippen molar-refractivity contribution < 1.29 is 27.9 Å². The summed E-state index contributed by atoms with van der Waals surface area (Å²) >= 11 is 0. The molecule has 3 aromatic carbocycles. The van der Waals surface area contributed by atoms with Gasteiger partial charge in [-0.15, -0.1) is 0 Å². The van der Waals surface area contributed by atoms with Crippen LogP contribution in [0.4, 0.5) is 11.4 Å². The Hall–Kier alpha value is -4.11. The number of hydrogen-bond donors (Lipinski definition) is 2. The van der Waals surface area contributed by atoms with Gasteiger partial charge in [-0.2, -0.15) is 0 Å². The highest BCUT2D eigenvalue weighted by molar-refractivity contribution is 7.93. The van der Waals surface area contributed by atoms with Crippen molar-refractivity contribution in [2.24, 2.45) is 0 Å². The lowest BCUT2D eigenvalue weighted by Crippen LogP contribution is -2.40. The summed E-state index contributed by atoms with van der Waals surface area (Å²) in [5, 5.41) is 13.8. The molecule has 0 saturated carbocycles. The van der Waals surface area contributed by atoms with Crippen LogP contribution in [0.1, 0.15) is 34.0 Å². The SMILES string of the molecule is CCOC(=O)c1ccc(NC(=O)C2=C(O)c3ccccc3S(=O)(=O)N2c2c(C)cccc2C)cc1. The van der Waals surface area contributed by atoms with Gasteiger partial charge in [-0.25, -0.2) is 17.5 Å². The topological polar surface area (TPSA) is 113 Å². The van der Waals surface area contributed by atoms with Gasteiger partial charge in [0.1, 0.15) is 0 Å². The molecule has 35 heavy (non-hydrogen) atoms. The van der Waals surface area contributed by atoms with Crippen molar-refractivity contribution in [3.8, 4) is 0 Å². The third kappa shape index (κ3) is 4.26. The summed E-state index contributed by atoms with van der Waals surface area (Å²) in [5.74, 6) is -1.78. The molecule has 9 heteroatoms. The van der Waals surface area contributed by atoms with Gasteiger partial charge in [-0.3, -0.25) is 4.79 Å². The molecule has 0 bridgehead atoms. The number of anilines is 2. The maximum atomic E-state index is 13.8. The van der Waals surface area contributed by atoms with E-state index in [9.17, 15) is 23.1 Å². The molecular weight excluding hydrogens is 468 g/mol. The summed E-state index contributed by atoms with van der Waals surface area (Å²) in [7, 11) is -4.23. The first-order chi connectivity index (χ1) is 16.7. The fraction of sp³-hybridized carbons (Fsp3) is 0.154. The molecule has 2 N–H and O–H groups in total. The van der Waals surface area contributed by atoms with E-state index in [2.05, 4.69) is 5.32 Å². The first-order valence-electron chi connectivity index (χ1n) is 10.9. The molecule has 1 aliphatic heterocycles. The monoisotopic (exact) mass is 492 g/mol. The zero-order chi connectivity index (χ0) is 25.3. The van der Waals surface area contributed by atoms with Gasteiger partial charge in [0.25, 0.3) is 15.9 Å². The van der Waals surface area contributed by atoms with Gasteiger partial charge >= 0.3 is 5.97 Å². The molecule has 0 aromatic heterocycles. The maximum Gasteiger partial charge on any atom is 0.338 e. The van der Waals surface area contributed by atoms with Crippen molar-refractivity contribution in [3.63, 3.8) is 0 Å². The van der Waals surface area contributed by atoms with E-state index in [1.54, 1.807) is 51.1 Å². The van der Waals surface area contributed by atoms with E-state index in [0.717, 1.165) is 4.31 Å². The third-order valence-corrected chi connectivity index (χ3v) is 7.36. The van der Waals surface area contributed by atoms with Crippen molar-refractivity contribution >= 4 is 39.0 Å². The lowest BCUT2D eigenvalue weighted by Gasteiger charge is -2.33. The van der Waals surface area contributed by atoms with Crippen molar-refractivity contribution in [1.82, 2.24) is 0 Å². The lowest BCUT2D eigenvalue weighted by atomic mass is 10.1. The molecule has 1 aliphatic rings. The summed E-state index contributed by atoms with van der Waals surface area (Å²) in [6, 6.07) is 17.2. The van der Waals surface area contributed by atoms with E-state index in [4.69, 9.17) is 4.74 Å². The minimum atomic E-state index is -4.23. The Kier molecular flexibility index (Phi) is 6.36. The predicted molar refractivity (Wildman–Crippen MR) is 133 cm³/mol. The number of benzene rings is 3. The van der Waals surface area contributed by atoms with Crippen LogP contribution in [0.25, 0.3) is 5.76 Å². The Balaban J connectivity index is 1.83. The van der Waals surface area contributed by atoms with Gasteiger partial charge in [0.2, 0.25) is 0 Å². The van der Waals surface area contributed by atoms with E-state index in [-0.39, 0.29) is 22.8 Å². The highest BCUT2D eigenvalue weighted by atomic mass is 32.2. The zero-order valence-electron chi connectivity index (χ0n) is 19.4. The van der Waals surface area contributed by atoms with Crippen LogP contribution >= 0.6 is 0 Å². The Morgan fingerprint density at radius 3 is 2.20 bits per heavy atom. The average Bonchev–Trinajstić information content (AvgIpc) is 2.83. The summed E-state index contributed by atoms with van der Waals surface area (Å²) in [5.41, 5.74) is 1.75. The van der Waals surface area contributed by atoms with E-state index in [1.807, 2.05) is 0 Å². The molecule has 3 aromatic rings. The third-order valence-electron chi connectivity index (χ3n) is 5.60. The standard InChI is InChI=1S/C26H24N2O6S/c1-4-34-26(31)18-12-14-19(15-13-18)27-25(30)23-24(29)20-10-5-6-11-21(20)35(32,33)28(23)22-16(2)8-7-9-17(22)3/h5-15,29H,4H2,1-3H3,(H,27,30). The molecule has 0 atom stereocenters. The first-order valence-corrected chi connectivity index (χ1v) is 12.3. The number of aliphatic hydroxyl groups excluding tert-OH is 1. The number of esters is 1. The molecule has 0 aliphatic carbocycles. The summed E-state index contributed by atoms with van der Waals surface area (Å²) in [6.07, 6.45) is 0. The molecule has 4 rings (SSSR count). The fourth-order valence-electron chi connectivity index (χ4n) is 3.98. The van der Waals surface area contributed by atoms with Crippen molar-refractivity contribution in [2.45, 2.75) is 25.7 Å². The molecular formula is C26H24N2O6S. The number of nitrogens with one attached hydrogen (secondary N) is 1. The van der Waals surface area contributed by atoms with E-state index in [1.165, 1.54) is 36.4 Å². The van der Waals surface area contributed by atoms with E-state index in [0.29, 0.717) is 22.4 Å². The largest absolute Gasteiger partial charge is 0.505 e. The van der Waals surface area contributed by atoms with Crippen molar-refractivity contribution in [3.05, 3.63) is 94.7 Å². The summed E-state index contributed by atoms with van der Waals surface area (Å²) in [4.78, 5) is 25.3. The van der Waals surface area contributed by atoms with Gasteiger partial charge in [0.05, 0.1) is 22.8 Å². The van der Waals surface area contributed by atoms with E-state index >= 15 is 0 Å². The molecule has 0 unspecified atom stereocenters.